The quantitative estimate of drug-likeness (QED) is 0.515. The zero-order valence-corrected chi connectivity index (χ0v) is 10.8. The van der Waals surface area contributed by atoms with Gasteiger partial charge >= 0.3 is 5.97 Å². The van der Waals surface area contributed by atoms with Crippen LogP contribution in [0.25, 0.3) is 0 Å². The van der Waals surface area contributed by atoms with Crippen LogP contribution in [0, 0.1) is 5.92 Å². The molecule has 2 N–H and O–H groups in total. The molecule has 90 valence electrons. The molecular formula is C11H23NO2S. The largest absolute Gasteiger partial charge is 0.465 e. The number of carbonyl (C=O) groups excluding carboxylic acids is 1. The van der Waals surface area contributed by atoms with E-state index in [1.807, 2.05) is 0 Å². The van der Waals surface area contributed by atoms with E-state index in [0.717, 1.165) is 11.7 Å². The Bertz CT molecular complexity index is 174. The van der Waals surface area contributed by atoms with Crippen LogP contribution in [0.15, 0.2) is 0 Å². The van der Waals surface area contributed by atoms with Crippen LogP contribution >= 0.6 is 11.8 Å². The summed E-state index contributed by atoms with van der Waals surface area (Å²) in [4.78, 5) is 11.2. The minimum Gasteiger partial charge on any atom is -0.465 e. The third-order valence-electron chi connectivity index (χ3n) is 1.96. The molecule has 15 heavy (non-hydrogen) atoms. The molecule has 0 heterocycles. The summed E-state index contributed by atoms with van der Waals surface area (Å²) in [6.07, 6.45) is 2.43. The molecule has 0 amide bonds. The second-order valence-corrected chi connectivity index (χ2v) is 5.12. The zero-order chi connectivity index (χ0) is 11.7. The summed E-state index contributed by atoms with van der Waals surface area (Å²) < 4.78 is 4.82. The van der Waals surface area contributed by atoms with E-state index in [9.17, 15) is 4.79 Å². The Labute approximate surface area is 97.1 Å². The van der Waals surface area contributed by atoms with Gasteiger partial charge in [-0.1, -0.05) is 20.3 Å². The smallest absolute Gasteiger partial charge is 0.323 e. The number of rotatable bonds is 8. The number of thioether (sulfide) groups is 1. The fraction of sp³-hybridized carbons (Fsp3) is 0.909. The predicted molar refractivity (Wildman–Crippen MR) is 66.0 cm³/mol. The second kappa shape index (κ2) is 9.04. The maximum Gasteiger partial charge on any atom is 0.323 e. The van der Waals surface area contributed by atoms with Crippen molar-refractivity contribution >= 4 is 17.7 Å². The Kier molecular flexibility index (Phi) is 8.91. The van der Waals surface area contributed by atoms with Gasteiger partial charge in [-0.15, -0.1) is 0 Å². The summed E-state index contributed by atoms with van der Waals surface area (Å²) in [5, 5.41) is 0. The van der Waals surface area contributed by atoms with E-state index in [-0.39, 0.29) is 5.97 Å². The average Bonchev–Trinajstić information content (AvgIpc) is 2.16. The molecule has 0 aliphatic rings. The van der Waals surface area contributed by atoms with Crippen molar-refractivity contribution in [3.63, 3.8) is 0 Å². The molecule has 4 heteroatoms. The lowest BCUT2D eigenvalue weighted by Gasteiger charge is -2.10. The van der Waals surface area contributed by atoms with Gasteiger partial charge in [0.2, 0.25) is 0 Å². The first kappa shape index (κ1) is 14.8. The van der Waals surface area contributed by atoms with Crippen molar-refractivity contribution in [3.8, 4) is 0 Å². The van der Waals surface area contributed by atoms with E-state index in [0.29, 0.717) is 12.4 Å². The molecular weight excluding hydrogens is 210 g/mol. The third kappa shape index (κ3) is 8.75. The van der Waals surface area contributed by atoms with E-state index in [1.165, 1.54) is 12.8 Å². The fourth-order valence-corrected chi connectivity index (χ4v) is 2.05. The van der Waals surface area contributed by atoms with Gasteiger partial charge in [0.25, 0.3) is 0 Å². The Morgan fingerprint density at radius 1 is 1.47 bits per heavy atom. The Morgan fingerprint density at radius 2 is 2.13 bits per heavy atom. The maximum absolute atomic E-state index is 11.2. The van der Waals surface area contributed by atoms with Gasteiger partial charge in [-0.05, 0) is 25.0 Å². The van der Waals surface area contributed by atoms with Crippen molar-refractivity contribution in [1.29, 1.82) is 0 Å². The van der Waals surface area contributed by atoms with Gasteiger partial charge in [0, 0.05) is 5.75 Å². The van der Waals surface area contributed by atoms with Crippen molar-refractivity contribution in [2.75, 3.05) is 18.1 Å². The minimum absolute atomic E-state index is 0.283. The average molecular weight is 233 g/mol. The Balaban J connectivity index is 3.38. The SMILES string of the molecule is CCOC(=O)C(N)CSCCCC(C)C. The number of hydrogen-bond donors (Lipinski definition) is 1. The van der Waals surface area contributed by atoms with E-state index in [2.05, 4.69) is 13.8 Å². The molecule has 0 aromatic carbocycles. The normalized spacial score (nSPS) is 12.9. The number of ether oxygens (including phenoxy) is 1. The van der Waals surface area contributed by atoms with Crippen LogP contribution in [-0.2, 0) is 9.53 Å². The molecule has 0 aliphatic carbocycles. The molecule has 0 bridgehead atoms. The molecule has 0 saturated carbocycles. The molecule has 0 radical (unpaired) electrons. The number of nitrogens with two attached hydrogens (primary N) is 1. The molecule has 1 atom stereocenters. The monoisotopic (exact) mass is 233 g/mol. The summed E-state index contributed by atoms with van der Waals surface area (Å²) in [5.74, 6) is 2.21. The Morgan fingerprint density at radius 3 is 2.67 bits per heavy atom. The summed E-state index contributed by atoms with van der Waals surface area (Å²) in [7, 11) is 0. The summed E-state index contributed by atoms with van der Waals surface area (Å²) in [6, 6.07) is -0.464. The number of esters is 1. The molecule has 3 nitrogen and oxygen atoms in total. The van der Waals surface area contributed by atoms with Gasteiger partial charge in [0.05, 0.1) is 6.61 Å². The number of hydrogen-bond acceptors (Lipinski definition) is 4. The molecule has 0 rings (SSSR count). The molecule has 0 aromatic rings. The molecule has 0 aliphatic heterocycles. The highest BCUT2D eigenvalue weighted by Crippen LogP contribution is 2.10. The third-order valence-corrected chi connectivity index (χ3v) is 3.13. The first-order chi connectivity index (χ1) is 7.07. The van der Waals surface area contributed by atoms with Crippen LogP contribution in [0.5, 0.6) is 0 Å². The van der Waals surface area contributed by atoms with E-state index < -0.39 is 6.04 Å². The van der Waals surface area contributed by atoms with Gasteiger partial charge < -0.3 is 10.5 Å². The highest BCUT2D eigenvalue weighted by atomic mass is 32.2. The van der Waals surface area contributed by atoms with Crippen molar-refractivity contribution in [1.82, 2.24) is 0 Å². The second-order valence-electron chi connectivity index (χ2n) is 3.97. The lowest BCUT2D eigenvalue weighted by Crippen LogP contribution is -2.34. The number of carbonyl (C=O) groups is 1. The van der Waals surface area contributed by atoms with Crippen molar-refractivity contribution in [2.24, 2.45) is 11.7 Å². The van der Waals surface area contributed by atoms with E-state index in [4.69, 9.17) is 10.5 Å². The highest BCUT2D eigenvalue weighted by molar-refractivity contribution is 7.99. The van der Waals surface area contributed by atoms with E-state index in [1.54, 1.807) is 18.7 Å². The van der Waals surface area contributed by atoms with Gasteiger partial charge in [0.1, 0.15) is 6.04 Å². The minimum atomic E-state index is -0.464. The van der Waals surface area contributed by atoms with Crippen LogP contribution in [0.1, 0.15) is 33.6 Å². The van der Waals surface area contributed by atoms with Gasteiger partial charge in [0.15, 0.2) is 0 Å². The maximum atomic E-state index is 11.2. The molecule has 0 fully saturated rings. The lowest BCUT2D eigenvalue weighted by molar-refractivity contribution is -0.144. The molecule has 1 unspecified atom stereocenters. The fourth-order valence-electron chi connectivity index (χ4n) is 1.12. The topological polar surface area (TPSA) is 52.3 Å². The lowest BCUT2D eigenvalue weighted by atomic mass is 10.1. The van der Waals surface area contributed by atoms with Gasteiger partial charge in [-0.3, -0.25) is 4.79 Å². The van der Waals surface area contributed by atoms with Gasteiger partial charge in [-0.2, -0.15) is 11.8 Å². The zero-order valence-electron chi connectivity index (χ0n) is 9.99. The Hall–Kier alpha value is -0.220. The van der Waals surface area contributed by atoms with Crippen molar-refractivity contribution in [2.45, 2.75) is 39.7 Å². The van der Waals surface area contributed by atoms with Crippen LogP contribution < -0.4 is 5.73 Å². The predicted octanol–water partition coefficient (Wildman–Crippen LogP) is 2.05. The summed E-state index contributed by atoms with van der Waals surface area (Å²) >= 11 is 1.73. The van der Waals surface area contributed by atoms with Crippen LogP contribution in [0.4, 0.5) is 0 Å². The van der Waals surface area contributed by atoms with Crippen molar-refractivity contribution in [3.05, 3.63) is 0 Å². The molecule has 0 spiro atoms. The standard InChI is InChI=1S/C11H23NO2S/c1-4-14-11(13)10(12)8-15-7-5-6-9(2)3/h9-10H,4-8,12H2,1-3H3. The molecule has 0 saturated heterocycles. The highest BCUT2D eigenvalue weighted by Gasteiger charge is 2.13. The van der Waals surface area contributed by atoms with Crippen LogP contribution in [0.3, 0.4) is 0 Å². The summed E-state index contributed by atoms with van der Waals surface area (Å²) in [6.45, 7) is 6.63. The van der Waals surface area contributed by atoms with Crippen LogP contribution in [0.2, 0.25) is 0 Å². The molecule has 0 aromatic heterocycles. The first-order valence-electron chi connectivity index (χ1n) is 5.57. The van der Waals surface area contributed by atoms with Gasteiger partial charge in [-0.25, -0.2) is 0 Å². The summed E-state index contributed by atoms with van der Waals surface area (Å²) in [5.41, 5.74) is 5.65. The first-order valence-corrected chi connectivity index (χ1v) is 6.73. The van der Waals surface area contributed by atoms with Crippen LogP contribution in [-0.4, -0.2) is 30.1 Å². The van der Waals surface area contributed by atoms with Crippen molar-refractivity contribution < 1.29 is 9.53 Å². The van der Waals surface area contributed by atoms with E-state index >= 15 is 0 Å².